The summed E-state index contributed by atoms with van der Waals surface area (Å²) < 4.78 is 0. The van der Waals surface area contributed by atoms with E-state index in [1.165, 1.54) is 11.3 Å². The number of amides is 1. The van der Waals surface area contributed by atoms with E-state index in [1.807, 2.05) is 25.3 Å². The molecule has 1 unspecified atom stereocenters. The highest BCUT2D eigenvalue weighted by atomic mass is 32.1. The zero-order chi connectivity index (χ0) is 16.1. The third-order valence-corrected chi connectivity index (χ3v) is 4.18. The Hall–Kier alpha value is -2.21. The molecule has 116 valence electrons. The molecular weight excluding hydrogens is 300 g/mol. The SMILES string of the molecule is CCCC(NC(=O)c1cccc(-c2nc(C)cs2)c1)C(=O)O. The van der Waals surface area contributed by atoms with E-state index in [9.17, 15) is 9.59 Å². The van der Waals surface area contributed by atoms with Crippen LogP contribution >= 0.6 is 11.3 Å². The molecule has 6 heteroatoms. The predicted molar refractivity (Wildman–Crippen MR) is 86.1 cm³/mol. The third-order valence-electron chi connectivity index (χ3n) is 3.17. The van der Waals surface area contributed by atoms with Crippen LogP contribution in [0.1, 0.15) is 35.8 Å². The zero-order valence-corrected chi connectivity index (χ0v) is 13.3. The molecule has 0 fully saturated rings. The molecule has 22 heavy (non-hydrogen) atoms. The lowest BCUT2D eigenvalue weighted by molar-refractivity contribution is -0.139. The maximum Gasteiger partial charge on any atom is 0.326 e. The van der Waals surface area contributed by atoms with Crippen molar-refractivity contribution >= 4 is 23.2 Å². The molecule has 1 aromatic heterocycles. The van der Waals surface area contributed by atoms with Crippen molar-refractivity contribution in [2.45, 2.75) is 32.7 Å². The Morgan fingerprint density at radius 1 is 1.41 bits per heavy atom. The molecule has 0 spiro atoms. The fraction of sp³-hybridized carbons (Fsp3) is 0.312. The van der Waals surface area contributed by atoms with E-state index >= 15 is 0 Å². The normalized spacial score (nSPS) is 11.9. The van der Waals surface area contributed by atoms with Gasteiger partial charge in [-0.2, -0.15) is 0 Å². The topological polar surface area (TPSA) is 79.3 Å². The van der Waals surface area contributed by atoms with Gasteiger partial charge in [0.25, 0.3) is 5.91 Å². The van der Waals surface area contributed by atoms with E-state index in [1.54, 1.807) is 18.2 Å². The largest absolute Gasteiger partial charge is 0.480 e. The van der Waals surface area contributed by atoms with Crippen LogP contribution in [0.5, 0.6) is 0 Å². The number of benzene rings is 1. The number of carbonyl (C=O) groups is 2. The average Bonchev–Trinajstić information content (AvgIpc) is 2.93. The number of nitrogens with zero attached hydrogens (tertiary/aromatic N) is 1. The molecule has 2 N–H and O–H groups in total. The van der Waals surface area contributed by atoms with Gasteiger partial charge in [-0.25, -0.2) is 9.78 Å². The van der Waals surface area contributed by atoms with Crippen molar-refractivity contribution in [3.63, 3.8) is 0 Å². The molecule has 0 aliphatic carbocycles. The predicted octanol–water partition coefficient (Wildman–Crippen LogP) is 3.10. The summed E-state index contributed by atoms with van der Waals surface area (Å²) in [5.41, 5.74) is 2.23. The molecule has 1 heterocycles. The van der Waals surface area contributed by atoms with Crippen LogP contribution in [0.2, 0.25) is 0 Å². The Kier molecular flexibility index (Phi) is 5.27. The maximum atomic E-state index is 12.2. The van der Waals surface area contributed by atoms with Crippen molar-refractivity contribution in [1.82, 2.24) is 10.3 Å². The number of nitrogens with one attached hydrogen (secondary N) is 1. The number of aliphatic carboxylic acids is 1. The van der Waals surface area contributed by atoms with Gasteiger partial charge in [0.2, 0.25) is 0 Å². The van der Waals surface area contributed by atoms with E-state index in [2.05, 4.69) is 10.3 Å². The minimum absolute atomic E-state index is 0.379. The first-order valence-corrected chi connectivity index (χ1v) is 7.95. The second kappa shape index (κ2) is 7.17. The van der Waals surface area contributed by atoms with Crippen molar-refractivity contribution in [3.8, 4) is 10.6 Å². The van der Waals surface area contributed by atoms with Crippen molar-refractivity contribution in [3.05, 3.63) is 40.9 Å². The molecular formula is C16H18N2O3S. The lowest BCUT2D eigenvalue weighted by Crippen LogP contribution is -2.40. The summed E-state index contributed by atoms with van der Waals surface area (Å²) in [7, 11) is 0. The molecule has 1 aromatic carbocycles. The number of carbonyl (C=O) groups excluding carboxylic acids is 1. The number of hydrogen-bond acceptors (Lipinski definition) is 4. The highest BCUT2D eigenvalue weighted by Gasteiger charge is 2.19. The quantitative estimate of drug-likeness (QED) is 0.857. The Labute approximate surface area is 133 Å². The summed E-state index contributed by atoms with van der Waals surface area (Å²) in [6, 6.07) is 6.21. The zero-order valence-electron chi connectivity index (χ0n) is 12.5. The Balaban J connectivity index is 2.18. The van der Waals surface area contributed by atoms with Gasteiger partial charge in [-0.3, -0.25) is 4.79 Å². The van der Waals surface area contributed by atoms with Crippen molar-refractivity contribution in [2.75, 3.05) is 0 Å². The summed E-state index contributed by atoms with van der Waals surface area (Å²) >= 11 is 1.51. The van der Waals surface area contributed by atoms with Crippen molar-refractivity contribution in [2.24, 2.45) is 0 Å². The molecule has 1 atom stereocenters. The fourth-order valence-electron chi connectivity index (χ4n) is 2.07. The van der Waals surface area contributed by atoms with Gasteiger partial charge in [0.15, 0.2) is 0 Å². The number of thiazole rings is 1. The van der Waals surface area contributed by atoms with Gasteiger partial charge in [0.05, 0.1) is 0 Å². The van der Waals surface area contributed by atoms with Gasteiger partial charge in [-0.15, -0.1) is 11.3 Å². The summed E-state index contributed by atoms with van der Waals surface area (Å²) in [6.45, 7) is 3.80. The average molecular weight is 318 g/mol. The van der Waals surface area contributed by atoms with E-state index in [-0.39, 0.29) is 5.91 Å². The number of hydrogen-bond donors (Lipinski definition) is 2. The number of aryl methyl sites for hydroxylation is 1. The van der Waals surface area contributed by atoms with Crippen molar-refractivity contribution < 1.29 is 14.7 Å². The first kappa shape index (κ1) is 16.2. The Morgan fingerprint density at radius 2 is 2.18 bits per heavy atom. The van der Waals surface area contributed by atoms with Gasteiger partial charge < -0.3 is 10.4 Å². The number of carboxylic acid groups (broad SMARTS) is 1. The van der Waals surface area contributed by atoms with E-state index in [0.29, 0.717) is 18.4 Å². The Morgan fingerprint density at radius 3 is 2.77 bits per heavy atom. The molecule has 0 saturated carbocycles. The van der Waals surface area contributed by atoms with Gasteiger partial charge in [0.1, 0.15) is 11.0 Å². The monoisotopic (exact) mass is 318 g/mol. The van der Waals surface area contributed by atoms with Gasteiger partial charge >= 0.3 is 5.97 Å². The van der Waals surface area contributed by atoms with Crippen molar-refractivity contribution in [1.29, 1.82) is 0 Å². The highest BCUT2D eigenvalue weighted by Crippen LogP contribution is 2.24. The second-order valence-electron chi connectivity index (χ2n) is 5.03. The second-order valence-corrected chi connectivity index (χ2v) is 5.89. The summed E-state index contributed by atoms with van der Waals surface area (Å²) in [6.07, 6.45) is 1.10. The lowest BCUT2D eigenvalue weighted by atomic mass is 10.1. The first-order valence-electron chi connectivity index (χ1n) is 7.07. The van der Waals surface area contributed by atoms with Crippen LogP contribution in [0.25, 0.3) is 10.6 Å². The number of carboxylic acids is 1. The maximum absolute atomic E-state index is 12.2. The summed E-state index contributed by atoms with van der Waals surface area (Å²) in [4.78, 5) is 27.7. The van der Waals surface area contributed by atoms with Gasteiger partial charge in [-0.05, 0) is 25.5 Å². The molecule has 0 aliphatic heterocycles. The Bertz CT molecular complexity index is 682. The fourth-order valence-corrected chi connectivity index (χ4v) is 2.86. The summed E-state index contributed by atoms with van der Waals surface area (Å²) in [5, 5.41) is 14.5. The van der Waals surface area contributed by atoms with E-state index < -0.39 is 12.0 Å². The van der Waals surface area contributed by atoms with E-state index in [0.717, 1.165) is 16.3 Å². The molecule has 2 rings (SSSR count). The van der Waals surface area contributed by atoms with Gasteiger partial charge in [-0.1, -0.05) is 25.5 Å². The van der Waals surface area contributed by atoms with Crippen LogP contribution in [0.4, 0.5) is 0 Å². The van der Waals surface area contributed by atoms with Gasteiger partial charge in [0, 0.05) is 22.2 Å². The molecule has 2 aromatic rings. The molecule has 0 radical (unpaired) electrons. The van der Waals surface area contributed by atoms with Crippen LogP contribution in [-0.4, -0.2) is 28.0 Å². The number of rotatable bonds is 6. The van der Waals surface area contributed by atoms with Crippen LogP contribution in [0, 0.1) is 6.92 Å². The van der Waals surface area contributed by atoms with Crippen LogP contribution in [-0.2, 0) is 4.79 Å². The molecule has 1 amide bonds. The minimum Gasteiger partial charge on any atom is -0.480 e. The third kappa shape index (κ3) is 3.92. The van der Waals surface area contributed by atoms with E-state index in [4.69, 9.17) is 5.11 Å². The minimum atomic E-state index is -1.01. The molecule has 0 aliphatic rings. The first-order chi connectivity index (χ1) is 10.5. The summed E-state index contributed by atoms with van der Waals surface area (Å²) in [5.74, 6) is -1.39. The molecule has 0 saturated heterocycles. The molecule has 0 bridgehead atoms. The number of aromatic nitrogens is 1. The standard InChI is InChI=1S/C16H18N2O3S/c1-3-5-13(16(20)21)18-14(19)11-6-4-7-12(8-11)15-17-10(2)9-22-15/h4,6-9,13H,3,5H2,1-2H3,(H,18,19)(H,20,21). The van der Waals surface area contributed by atoms with Crippen LogP contribution < -0.4 is 5.32 Å². The smallest absolute Gasteiger partial charge is 0.326 e. The molecule has 5 nitrogen and oxygen atoms in total. The van der Waals surface area contributed by atoms with Crippen LogP contribution in [0.3, 0.4) is 0 Å². The highest BCUT2D eigenvalue weighted by molar-refractivity contribution is 7.13. The van der Waals surface area contributed by atoms with Crippen LogP contribution in [0.15, 0.2) is 29.6 Å². The lowest BCUT2D eigenvalue weighted by Gasteiger charge is -2.13.